The van der Waals surface area contributed by atoms with Gasteiger partial charge in [-0.2, -0.15) is 0 Å². The fraction of sp³-hybridized carbons (Fsp3) is 0.444. The van der Waals surface area contributed by atoms with Crippen molar-refractivity contribution in [2.45, 2.75) is 12.8 Å². The van der Waals surface area contributed by atoms with Gasteiger partial charge < -0.3 is 20.8 Å². The van der Waals surface area contributed by atoms with E-state index in [1.165, 1.54) is 13.4 Å². The molecule has 0 fully saturated rings. The van der Waals surface area contributed by atoms with Crippen LogP contribution in [0.15, 0.2) is 11.1 Å². The van der Waals surface area contributed by atoms with E-state index in [0.29, 0.717) is 25.2 Å². The molecule has 0 aromatic carbocycles. The van der Waals surface area contributed by atoms with Crippen LogP contribution in [0, 0.1) is 0 Å². The molecule has 0 radical (unpaired) electrons. The van der Waals surface area contributed by atoms with Crippen LogP contribution in [0.3, 0.4) is 0 Å². The van der Waals surface area contributed by atoms with Crippen molar-refractivity contribution in [2.75, 3.05) is 19.0 Å². The Labute approximate surface area is 92.0 Å². The number of aromatic amines is 1. The van der Waals surface area contributed by atoms with Crippen molar-refractivity contribution in [1.82, 2.24) is 9.97 Å². The molecule has 1 aromatic heterocycles. The molecule has 0 atom stereocenters. The molecule has 88 valence electrons. The van der Waals surface area contributed by atoms with Gasteiger partial charge >= 0.3 is 0 Å². The van der Waals surface area contributed by atoms with Gasteiger partial charge in [0.2, 0.25) is 11.7 Å². The predicted octanol–water partition coefficient (Wildman–Crippen LogP) is -0.544. The number of primary amides is 1. The summed E-state index contributed by atoms with van der Waals surface area (Å²) >= 11 is 0. The Kier molecular flexibility index (Phi) is 4.31. The molecular weight excluding hydrogens is 212 g/mol. The number of methoxy groups -OCH3 is 1. The van der Waals surface area contributed by atoms with E-state index in [1.807, 2.05) is 0 Å². The summed E-state index contributed by atoms with van der Waals surface area (Å²) in [5.74, 6) is 0.130. The molecule has 0 saturated heterocycles. The summed E-state index contributed by atoms with van der Waals surface area (Å²) in [6.07, 6.45) is 2.15. The standard InChI is InChI=1S/C9H14N4O3/c1-16-7-8(12-5-13-9(7)15)11-4-2-3-6(10)14/h5H,2-4H2,1H3,(H2,10,14)(H2,11,12,13,15). The molecule has 4 N–H and O–H groups in total. The van der Waals surface area contributed by atoms with Crippen LogP contribution in [0.5, 0.6) is 5.75 Å². The molecule has 0 aliphatic carbocycles. The fourth-order valence-corrected chi connectivity index (χ4v) is 1.17. The topological polar surface area (TPSA) is 110 Å². The van der Waals surface area contributed by atoms with E-state index in [2.05, 4.69) is 15.3 Å². The van der Waals surface area contributed by atoms with Crippen LogP contribution in [-0.2, 0) is 4.79 Å². The van der Waals surface area contributed by atoms with E-state index in [4.69, 9.17) is 10.5 Å². The average molecular weight is 226 g/mol. The molecule has 0 unspecified atom stereocenters. The number of nitrogens with one attached hydrogen (secondary N) is 2. The highest BCUT2D eigenvalue weighted by Crippen LogP contribution is 2.13. The highest BCUT2D eigenvalue weighted by molar-refractivity contribution is 5.73. The quantitative estimate of drug-likeness (QED) is 0.564. The summed E-state index contributed by atoms with van der Waals surface area (Å²) in [5, 5.41) is 2.90. The lowest BCUT2D eigenvalue weighted by Crippen LogP contribution is -2.16. The lowest BCUT2D eigenvalue weighted by molar-refractivity contribution is -0.118. The van der Waals surface area contributed by atoms with Gasteiger partial charge in [0.05, 0.1) is 13.4 Å². The van der Waals surface area contributed by atoms with Gasteiger partial charge in [0.1, 0.15) is 0 Å². The smallest absolute Gasteiger partial charge is 0.295 e. The Bertz CT molecular complexity index is 415. The SMILES string of the molecule is COc1c(NCCCC(N)=O)nc[nH]c1=O. The zero-order valence-electron chi connectivity index (χ0n) is 8.95. The molecule has 1 rings (SSSR count). The van der Waals surface area contributed by atoms with Gasteiger partial charge in [-0.15, -0.1) is 0 Å². The number of H-pyrrole nitrogens is 1. The van der Waals surface area contributed by atoms with E-state index >= 15 is 0 Å². The number of rotatable bonds is 6. The van der Waals surface area contributed by atoms with Gasteiger partial charge in [-0.25, -0.2) is 4.98 Å². The van der Waals surface area contributed by atoms with Crippen LogP contribution >= 0.6 is 0 Å². The minimum atomic E-state index is -0.354. The van der Waals surface area contributed by atoms with E-state index in [9.17, 15) is 9.59 Å². The number of carbonyl (C=O) groups is 1. The van der Waals surface area contributed by atoms with Crippen LogP contribution in [-0.4, -0.2) is 29.5 Å². The zero-order valence-corrected chi connectivity index (χ0v) is 8.95. The third kappa shape index (κ3) is 3.26. The normalized spacial score (nSPS) is 9.81. The Hall–Kier alpha value is -2.05. The Morgan fingerprint density at radius 3 is 3.06 bits per heavy atom. The van der Waals surface area contributed by atoms with Crippen molar-refractivity contribution in [2.24, 2.45) is 5.73 Å². The average Bonchev–Trinajstić information content (AvgIpc) is 2.24. The summed E-state index contributed by atoms with van der Waals surface area (Å²) < 4.78 is 4.89. The first-order valence-electron chi connectivity index (χ1n) is 4.79. The molecule has 0 bridgehead atoms. The number of carbonyl (C=O) groups excluding carboxylic acids is 1. The minimum absolute atomic E-state index is 0.126. The maximum Gasteiger partial charge on any atom is 0.295 e. The molecule has 7 heteroatoms. The molecule has 1 amide bonds. The number of hydrogen-bond acceptors (Lipinski definition) is 5. The molecule has 0 saturated carbocycles. The van der Waals surface area contributed by atoms with Gasteiger partial charge in [0.15, 0.2) is 5.82 Å². The first-order valence-corrected chi connectivity index (χ1v) is 4.79. The van der Waals surface area contributed by atoms with Crippen LogP contribution in [0.4, 0.5) is 5.82 Å². The largest absolute Gasteiger partial charge is 0.489 e. The van der Waals surface area contributed by atoms with E-state index in [-0.39, 0.29) is 17.2 Å². The maximum absolute atomic E-state index is 11.3. The number of nitrogens with zero attached hydrogens (tertiary/aromatic N) is 1. The van der Waals surface area contributed by atoms with Gasteiger partial charge in [0, 0.05) is 13.0 Å². The lowest BCUT2D eigenvalue weighted by Gasteiger charge is -2.07. The summed E-state index contributed by atoms with van der Waals surface area (Å²) in [7, 11) is 1.39. The van der Waals surface area contributed by atoms with Crippen molar-refractivity contribution in [1.29, 1.82) is 0 Å². The van der Waals surface area contributed by atoms with Crippen LogP contribution in [0.1, 0.15) is 12.8 Å². The molecular formula is C9H14N4O3. The molecule has 0 aliphatic heterocycles. The van der Waals surface area contributed by atoms with Crippen LogP contribution < -0.4 is 21.3 Å². The fourth-order valence-electron chi connectivity index (χ4n) is 1.17. The molecule has 0 spiro atoms. The monoisotopic (exact) mass is 226 g/mol. The lowest BCUT2D eigenvalue weighted by atomic mass is 10.3. The van der Waals surface area contributed by atoms with Crippen molar-refractivity contribution in [3.63, 3.8) is 0 Å². The molecule has 7 nitrogen and oxygen atoms in total. The summed E-state index contributed by atoms with van der Waals surface area (Å²) in [4.78, 5) is 28.1. The maximum atomic E-state index is 11.3. The molecule has 1 heterocycles. The summed E-state index contributed by atoms with van der Waals surface area (Å²) in [6.45, 7) is 0.496. The first kappa shape index (κ1) is 12.0. The number of amides is 1. The number of aromatic nitrogens is 2. The van der Waals surface area contributed by atoms with Crippen molar-refractivity contribution >= 4 is 11.7 Å². The van der Waals surface area contributed by atoms with Gasteiger partial charge in [-0.3, -0.25) is 9.59 Å². The molecule has 16 heavy (non-hydrogen) atoms. The Balaban J connectivity index is 2.57. The molecule has 1 aromatic rings. The van der Waals surface area contributed by atoms with Gasteiger partial charge in [-0.05, 0) is 6.42 Å². The third-order valence-electron chi connectivity index (χ3n) is 1.91. The zero-order chi connectivity index (χ0) is 12.0. The number of nitrogens with two attached hydrogens (primary N) is 1. The molecule has 0 aliphatic rings. The number of hydrogen-bond donors (Lipinski definition) is 3. The van der Waals surface area contributed by atoms with Crippen molar-refractivity contribution in [3.05, 3.63) is 16.7 Å². The van der Waals surface area contributed by atoms with E-state index in [0.717, 1.165) is 0 Å². The van der Waals surface area contributed by atoms with E-state index < -0.39 is 0 Å². The second-order valence-electron chi connectivity index (χ2n) is 3.11. The highest BCUT2D eigenvalue weighted by Gasteiger charge is 2.07. The Morgan fingerprint density at radius 1 is 1.69 bits per heavy atom. The second kappa shape index (κ2) is 5.74. The van der Waals surface area contributed by atoms with Gasteiger partial charge in [-0.1, -0.05) is 0 Å². The second-order valence-corrected chi connectivity index (χ2v) is 3.11. The van der Waals surface area contributed by atoms with Crippen molar-refractivity contribution < 1.29 is 9.53 Å². The first-order chi connectivity index (χ1) is 7.65. The van der Waals surface area contributed by atoms with E-state index in [1.54, 1.807) is 0 Å². The minimum Gasteiger partial charge on any atom is -0.489 e. The van der Waals surface area contributed by atoms with Crippen LogP contribution in [0.25, 0.3) is 0 Å². The predicted molar refractivity (Wildman–Crippen MR) is 58.3 cm³/mol. The van der Waals surface area contributed by atoms with Gasteiger partial charge in [0.25, 0.3) is 5.56 Å². The third-order valence-corrected chi connectivity index (χ3v) is 1.91. The highest BCUT2D eigenvalue weighted by atomic mass is 16.5. The summed E-state index contributed by atoms with van der Waals surface area (Å²) in [5.41, 5.74) is 4.64. The number of anilines is 1. The Morgan fingerprint density at radius 2 is 2.44 bits per heavy atom. The van der Waals surface area contributed by atoms with Crippen LogP contribution in [0.2, 0.25) is 0 Å². The summed E-state index contributed by atoms with van der Waals surface area (Å²) in [6, 6.07) is 0. The number of ether oxygens (including phenoxy) is 1. The van der Waals surface area contributed by atoms with Crippen molar-refractivity contribution in [3.8, 4) is 5.75 Å².